The Labute approximate surface area is 147 Å². The van der Waals surface area contributed by atoms with Crippen molar-refractivity contribution in [2.45, 2.75) is 19.4 Å². The van der Waals surface area contributed by atoms with E-state index in [0.717, 1.165) is 58.7 Å². The molecule has 0 radical (unpaired) electrons. The molecule has 0 unspecified atom stereocenters. The second-order valence-corrected chi connectivity index (χ2v) is 7.53. The van der Waals surface area contributed by atoms with E-state index in [-0.39, 0.29) is 18.4 Å². The van der Waals surface area contributed by atoms with Crippen molar-refractivity contribution in [3.63, 3.8) is 0 Å². The van der Waals surface area contributed by atoms with Gasteiger partial charge in [0, 0.05) is 50.7 Å². The normalized spacial score (nSPS) is 19.6. The van der Waals surface area contributed by atoms with Crippen molar-refractivity contribution in [3.05, 3.63) is 22.4 Å². The van der Waals surface area contributed by atoms with E-state index in [1.807, 2.05) is 4.90 Å². The van der Waals surface area contributed by atoms with Gasteiger partial charge >= 0.3 is 0 Å². The molecule has 3 rings (SSSR count). The van der Waals surface area contributed by atoms with Gasteiger partial charge in [-0.25, -0.2) is 0 Å². The number of carbonyl (C=O) groups excluding carboxylic acids is 2. The summed E-state index contributed by atoms with van der Waals surface area (Å²) in [6.45, 7) is 6.97. The summed E-state index contributed by atoms with van der Waals surface area (Å²) in [6, 6.07) is 4.26. The van der Waals surface area contributed by atoms with Crippen molar-refractivity contribution in [2.24, 2.45) is 0 Å². The number of thiophene rings is 1. The van der Waals surface area contributed by atoms with E-state index >= 15 is 0 Å². The summed E-state index contributed by atoms with van der Waals surface area (Å²) in [7, 11) is 0. The van der Waals surface area contributed by atoms with Crippen LogP contribution in [0.3, 0.4) is 0 Å². The SMILES string of the molecule is O=C(CN1CCN(Cc2cccs2)CC1)NCC(=O)N1CCCC1. The first kappa shape index (κ1) is 17.4. The number of likely N-dealkylation sites (tertiary alicyclic amines) is 1. The van der Waals surface area contributed by atoms with Gasteiger partial charge in [0.25, 0.3) is 0 Å². The van der Waals surface area contributed by atoms with Gasteiger partial charge in [0.15, 0.2) is 0 Å². The van der Waals surface area contributed by atoms with E-state index < -0.39 is 0 Å². The molecule has 1 N–H and O–H groups in total. The molecule has 7 heteroatoms. The minimum atomic E-state index is -0.0470. The summed E-state index contributed by atoms with van der Waals surface area (Å²) in [4.78, 5) is 31.8. The first-order chi connectivity index (χ1) is 11.7. The van der Waals surface area contributed by atoms with Gasteiger partial charge < -0.3 is 10.2 Å². The van der Waals surface area contributed by atoms with E-state index in [1.165, 1.54) is 4.88 Å². The lowest BCUT2D eigenvalue weighted by Crippen LogP contribution is -2.50. The van der Waals surface area contributed by atoms with Gasteiger partial charge in [-0.15, -0.1) is 11.3 Å². The third-order valence-corrected chi connectivity index (χ3v) is 5.55. The van der Waals surface area contributed by atoms with Crippen LogP contribution in [0.4, 0.5) is 0 Å². The van der Waals surface area contributed by atoms with E-state index in [9.17, 15) is 9.59 Å². The van der Waals surface area contributed by atoms with Crippen LogP contribution in [0.2, 0.25) is 0 Å². The second kappa shape index (κ2) is 8.60. The lowest BCUT2D eigenvalue weighted by atomic mass is 10.3. The molecule has 6 nitrogen and oxygen atoms in total. The highest BCUT2D eigenvalue weighted by molar-refractivity contribution is 7.09. The average molecular weight is 350 g/mol. The molecule has 24 heavy (non-hydrogen) atoms. The van der Waals surface area contributed by atoms with Crippen LogP contribution >= 0.6 is 11.3 Å². The Morgan fingerprint density at radius 2 is 1.75 bits per heavy atom. The Morgan fingerprint density at radius 1 is 1.04 bits per heavy atom. The summed E-state index contributed by atoms with van der Waals surface area (Å²) < 4.78 is 0. The first-order valence-electron chi connectivity index (χ1n) is 8.72. The number of nitrogens with one attached hydrogen (secondary N) is 1. The van der Waals surface area contributed by atoms with Crippen molar-refractivity contribution >= 4 is 23.2 Å². The number of hydrogen-bond acceptors (Lipinski definition) is 5. The number of carbonyl (C=O) groups is 2. The molecule has 3 heterocycles. The predicted octanol–water partition coefficient (Wildman–Crippen LogP) is 0.604. The lowest BCUT2D eigenvalue weighted by Gasteiger charge is -2.34. The molecule has 2 aliphatic heterocycles. The molecule has 2 aliphatic rings. The summed E-state index contributed by atoms with van der Waals surface area (Å²) in [6.07, 6.45) is 2.16. The summed E-state index contributed by atoms with van der Waals surface area (Å²) in [5, 5.41) is 4.88. The van der Waals surface area contributed by atoms with E-state index in [4.69, 9.17) is 0 Å². The number of rotatable bonds is 6. The van der Waals surface area contributed by atoms with E-state index in [0.29, 0.717) is 6.54 Å². The molecule has 0 saturated carbocycles. The number of hydrogen-bond donors (Lipinski definition) is 1. The number of amides is 2. The Kier molecular flexibility index (Phi) is 6.23. The van der Waals surface area contributed by atoms with Crippen molar-refractivity contribution < 1.29 is 9.59 Å². The third kappa shape index (κ3) is 5.03. The highest BCUT2D eigenvalue weighted by Crippen LogP contribution is 2.13. The molecule has 2 saturated heterocycles. The highest BCUT2D eigenvalue weighted by Gasteiger charge is 2.21. The summed E-state index contributed by atoms with van der Waals surface area (Å²) >= 11 is 1.79. The topological polar surface area (TPSA) is 55.9 Å². The van der Waals surface area contributed by atoms with Crippen LogP contribution < -0.4 is 5.32 Å². The Bertz CT molecular complexity index is 535. The van der Waals surface area contributed by atoms with Gasteiger partial charge in [-0.1, -0.05) is 6.07 Å². The van der Waals surface area contributed by atoms with Gasteiger partial charge in [0.05, 0.1) is 13.1 Å². The zero-order chi connectivity index (χ0) is 16.8. The van der Waals surface area contributed by atoms with Crippen LogP contribution in [0, 0.1) is 0 Å². The molecule has 2 fully saturated rings. The Balaban J connectivity index is 1.32. The molecule has 0 spiro atoms. The van der Waals surface area contributed by atoms with Crippen LogP contribution in [-0.4, -0.2) is 78.9 Å². The van der Waals surface area contributed by atoms with Crippen LogP contribution in [-0.2, 0) is 16.1 Å². The van der Waals surface area contributed by atoms with Crippen LogP contribution in [0.25, 0.3) is 0 Å². The van der Waals surface area contributed by atoms with Gasteiger partial charge in [-0.3, -0.25) is 19.4 Å². The maximum Gasteiger partial charge on any atom is 0.241 e. The third-order valence-electron chi connectivity index (χ3n) is 4.69. The molecule has 0 bridgehead atoms. The van der Waals surface area contributed by atoms with Crippen LogP contribution in [0.15, 0.2) is 17.5 Å². The molecule has 1 aromatic heterocycles. The molecule has 0 atom stereocenters. The molecular weight excluding hydrogens is 324 g/mol. The monoisotopic (exact) mass is 350 g/mol. The van der Waals surface area contributed by atoms with E-state index in [2.05, 4.69) is 32.6 Å². The predicted molar refractivity (Wildman–Crippen MR) is 94.9 cm³/mol. The van der Waals surface area contributed by atoms with Crippen molar-refractivity contribution in [2.75, 3.05) is 52.4 Å². The molecule has 132 valence electrons. The lowest BCUT2D eigenvalue weighted by molar-refractivity contribution is -0.132. The standard InChI is InChI=1S/C17H26N4O2S/c22-16(18-12-17(23)21-5-1-2-6-21)14-20-9-7-19(8-10-20)13-15-4-3-11-24-15/h3-4,11H,1-2,5-10,12-14H2,(H,18,22). The second-order valence-electron chi connectivity index (χ2n) is 6.50. The smallest absolute Gasteiger partial charge is 0.241 e. The fraction of sp³-hybridized carbons (Fsp3) is 0.647. The van der Waals surface area contributed by atoms with E-state index in [1.54, 1.807) is 11.3 Å². The van der Waals surface area contributed by atoms with Gasteiger partial charge in [-0.05, 0) is 24.3 Å². The molecular formula is C17H26N4O2S. The van der Waals surface area contributed by atoms with Crippen molar-refractivity contribution in [3.8, 4) is 0 Å². The molecule has 2 amide bonds. The van der Waals surface area contributed by atoms with Crippen molar-refractivity contribution in [1.29, 1.82) is 0 Å². The first-order valence-corrected chi connectivity index (χ1v) is 9.60. The summed E-state index contributed by atoms with van der Waals surface area (Å²) in [5.74, 6) is -0.00382. The molecule has 0 aromatic carbocycles. The van der Waals surface area contributed by atoms with Crippen LogP contribution in [0.1, 0.15) is 17.7 Å². The van der Waals surface area contributed by atoms with Gasteiger partial charge in [0.2, 0.25) is 11.8 Å². The number of nitrogens with zero attached hydrogens (tertiary/aromatic N) is 3. The highest BCUT2D eigenvalue weighted by atomic mass is 32.1. The van der Waals surface area contributed by atoms with Crippen molar-refractivity contribution in [1.82, 2.24) is 20.0 Å². The minimum Gasteiger partial charge on any atom is -0.346 e. The molecule has 1 aromatic rings. The number of piperazine rings is 1. The Hall–Kier alpha value is -1.44. The largest absolute Gasteiger partial charge is 0.346 e. The van der Waals surface area contributed by atoms with Gasteiger partial charge in [0.1, 0.15) is 0 Å². The Morgan fingerprint density at radius 3 is 2.42 bits per heavy atom. The maximum absolute atomic E-state index is 12.0. The maximum atomic E-state index is 12.0. The van der Waals surface area contributed by atoms with Gasteiger partial charge in [-0.2, -0.15) is 0 Å². The summed E-state index contributed by atoms with van der Waals surface area (Å²) in [5.41, 5.74) is 0. The average Bonchev–Trinajstić information content (AvgIpc) is 3.28. The minimum absolute atomic E-state index is 0.0432. The fourth-order valence-electron chi connectivity index (χ4n) is 3.24. The zero-order valence-electron chi connectivity index (χ0n) is 14.1. The molecule has 0 aliphatic carbocycles. The zero-order valence-corrected chi connectivity index (χ0v) is 14.9. The quantitative estimate of drug-likeness (QED) is 0.817. The fourth-order valence-corrected chi connectivity index (χ4v) is 3.99. The van der Waals surface area contributed by atoms with Crippen LogP contribution in [0.5, 0.6) is 0 Å².